The first-order valence-corrected chi connectivity index (χ1v) is 7.23. The predicted octanol–water partition coefficient (Wildman–Crippen LogP) is 2.39. The van der Waals surface area contributed by atoms with Gasteiger partial charge < -0.3 is 19.4 Å². The largest absolute Gasteiger partial charge is 0.467 e. The maximum atomic E-state index is 5.65. The second-order valence-corrected chi connectivity index (χ2v) is 5.72. The average molecular weight is 266 g/mol. The molecule has 1 N–H and O–H groups in total. The van der Waals surface area contributed by atoms with E-state index >= 15 is 0 Å². The predicted molar refractivity (Wildman–Crippen MR) is 76.0 cm³/mol. The molecule has 2 rings (SSSR count). The van der Waals surface area contributed by atoms with Crippen LogP contribution in [0.3, 0.4) is 0 Å². The van der Waals surface area contributed by atoms with Crippen LogP contribution in [-0.4, -0.2) is 37.2 Å². The third kappa shape index (κ3) is 5.35. The van der Waals surface area contributed by atoms with E-state index in [-0.39, 0.29) is 0 Å². The number of likely N-dealkylation sites (N-methyl/N-ethyl adjacent to an activating group) is 1. The van der Waals surface area contributed by atoms with Gasteiger partial charge in [0, 0.05) is 30.7 Å². The highest BCUT2D eigenvalue weighted by atomic mass is 16.5. The molecule has 0 aromatic carbocycles. The van der Waals surface area contributed by atoms with Crippen LogP contribution in [0.1, 0.15) is 38.0 Å². The van der Waals surface area contributed by atoms with Crippen molar-refractivity contribution >= 4 is 0 Å². The summed E-state index contributed by atoms with van der Waals surface area (Å²) in [6.07, 6.45) is 4.51. The molecule has 1 fully saturated rings. The monoisotopic (exact) mass is 266 g/mol. The van der Waals surface area contributed by atoms with E-state index in [9.17, 15) is 0 Å². The fourth-order valence-electron chi connectivity index (χ4n) is 2.00. The Morgan fingerprint density at radius 1 is 1.47 bits per heavy atom. The highest BCUT2D eigenvalue weighted by molar-refractivity contribution is 5.12. The van der Waals surface area contributed by atoms with Gasteiger partial charge in [0.1, 0.15) is 12.4 Å². The molecule has 0 unspecified atom stereocenters. The standard InChI is InChI=1S/C15H26N2O2/c1-12(2)16-9-13-8-15(19-10-13)11-18-7-6-17(3)14-4-5-14/h8,10,12,14,16H,4-7,9,11H2,1-3H3. The number of rotatable bonds is 9. The zero-order valence-electron chi connectivity index (χ0n) is 12.3. The van der Waals surface area contributed by atoms with Crippen LogP contribution in [0.25, 0.3) is 0 Å². The van der Waals surface area contributed by atoms with Crippen molar-refractivity contribution in [2.75, 3.05) is 20.2 Å². The Kier molecular flexibility index (Phi) is 5.43. The molecule has 4 nitrogen and oxygen atoms in total. The maximum Gasteiger partial charge on any atom is 0.129 e. The topological polar surface area (TPSA) is 37.6 Å². The van der Waals surface area contributed by atoms with Gasteiger partial charge >= 0.3 is 0 Å². The van der Waals surface area contributed by atoms with Gasteiger partial charge in [-0.25, -0.2) is 0 Å². The van der Waals surface area contributed by atoms with Crippen molar-refractivity contribution in [3.05, 3.63) is 23.7 Å². The summed E-state index contributed by atoms with van der Waals surface area (Å²) in [5.74, 6) is 0.912. The molecule has 0 aliphatic heterocycles. The highest BCUT2D eigenvalue weighted by Gasteiger charge is 2.25. The molecule has 108 valence electrons. The minimum Gasteiger partial charge on any atom is -0.467 e. The van der Waals surface area contributed by atoms with Crippen molar-refractivity contribution < 1.29 is 9.15 Å². The summed E-state index contributed by atoms with van der Waals surface area (Å²) < 4.78 is 11.1. The van der Waals surface area contributed by atoms with Crippen molar-refractivity contribution in [3.8, 4) is 0 Å². The second kappa shape index (κ2) is 7.08. The molecule has 0 amide bonds. The van der Waals surface area contributed by atoms with Gasteiger partial charge in [0.05, 0.1) is 12.9 Å². The third-order valence-electron chi connectivity index (χ3n) is 3.43. The molecule has 1 heterocycles. The smallest absolute Gasteiger partial charge is 0.129 e. The lowest BCUT2D eigenvalue weighted by atomic mass is 10.3. The molecule has 1 aromatic heterocycles. The molecule has 0 bridgehead atoms. The molecule has 1 aliphatic rings. The zero-order chi connectivity index (χ0) is 13.7. The molecule has 0 radical (unpaired) electrons. The molecule has 1 aliphatic carbocycles. The van der Waals surface area contributed by atoms with E-state index in [1.165, 1.54) is 18.4 Å². The molecule has 0 atom stereocenters. The lowest BCUT2D eigenvalue weighted by Gasteiger charge is -2.14. The number of ether oxygens (including phenoxy) is 1. The van der Waals surface area contributed by atoms with Gasteiger partial charge in [-0.2, -0.15) is 0 Å². The number of furan rings is 1. The van der Waals surface area contributed by atoms with Crippen molar-refractivity contribution in [1.82, 2.24) is 10.2 Å². The fourth-order valence-corrected chi connectivity index (χ4v) is 2.00. The first kappa shape index (κ1) is 14.6. The minimum absolute atomic E-state index is 0.493. The number of nitrogens with one attached hydrogen (secondary N) is 1. The van der Waals surface area contributed by atoms with Crippen LogP contribution in [0, 0.1) is 0 Å². The number of nitrogens with zero attached hydrogens (tertiary/aromatic N) is 1. The van der Waals surface area contributed by atoms with Gasteiger partial charge in [0.25, 0.3) is 0 Å². The van der Waals surface area contributed by atoms with Crippen molar-refractivity contribution in [1.29, 1.82) is 0 Å². The second-order valence-electron chi connectivity index (χ2n) is 5.72. The summed E-state index contributed by atoms with van der Waals surface area (Å²) >= 11 is 0. The van der Waals surface area contributed by atoms with Crippen LogP contribution in [0.4, 0.5) is 0 Å². The van der Waals surface area contributed by atoms with Crippen molar-refractivity contribution in [2.45, 2.75) is 51.9 Å². The van der Waals surface area contributed by atoms with Crippen LogP contribution in [0.5, 0.6) is 0 Å². The molecule has 0 spiro atoms. The van der Waals surface area contributed by atoms with Gasteiger partial charge in [0.15, 0.2) is 0 Å². The van der Waals surface area contributed by atoms with Gasteiger partial charge in [-0.05, 0) is 26.0 Å². The van der Waals surface area contributed by atoms with Crippen LogP contribution < -0.4 is 5.32 Å². The lowest BCUT2D eigenvalue weighted by Crippen LogP contribution is -2.25. The summed E-state index contributed by atoms with van der Waals surface area (Å²) in [7, 11) is 2.17. The quantitative estimate of drug-likeness (QED) is 0.696. The Hall–Kier alpha value is -0.840. The summed E-state index contributed by atoms with van der Waals surface area (Å²) in [6, 6.07) is 3.37. The summed E-state index contributed by atoms with van der Waals surface area (Å²) in [6.45, 7) is 7.48. The SMILES string of the molecule is CC(C)NCc1coc(COCCN(C)C2CC2)c1. The lowest BCUT2D eigenvalue weighted by molar-refractivity contribution is 0.0863. The van der Waals surface area contributed by atoms with Gasteiger partial charge in [-0.1, -0.05) is 13.8 Å². The van der Waals surface area contributed by atoms with E-state index in [2.05, 4.69) is 37.2 Å². The fraction of sp³-hybridized carbons (Fsp3) is 0.733. The molecule has 19 heavy (non-hydrogen) atoms. The average Bonchev–Trinajstić information content (AvgIpc) is 3.13. The first-order chi connectivity index (χ1) is 9.15. The van der Waals surface area contributed by atoms with E-state index in [0.717, 1.165) is 31.5 Å². The van der Waals surface area contributed by atoms with Crippen molar-refractivity contribution in [2.24, 2.45) is 0 Å². The molecule has 4 heteroatoms. The Morgan fingerprint density at radius 2 is 2.26 bits per heavy atom. The summed E-state index contributed by atoms with van der Waals surface area (Å²) in [4.78, 5) is 2.38. The Labute approximate surface area is 116 Å². The summed E-state index contributed by atoms with van der Waals surface area (Å²) in [5, 5.41) is 3.37. The maximum absolute atomic E-state index is 5.65. The number of hydrogen-bond donors (Lipinski definition) is 1. The molecular formula is C15H26N2O2. The third-order valence-corrected chi connectivity index (χ3v) is 3.43. The molecule has 1 aromatic rings. The van der Waals surface area contributed by atoms with Gasteiger partial charge in [-0.15, -0.1) is 0 Å². The van der Waals surface area contributed by atoms with Crippen LogP contribution in [0.2, 0.25) is 0 Å². The van der Waals surface area contributed by atoms with Crippen molar-refractivity contribution in [3.63, 3.8) is 0 Å². The van der Waals surface area contributed by atoms with Gasteiger partial charge in [-0.3, -0.25) is 0 Å². The van der Waals surface area contributed by atoms with Crippen LogP contribution in [0.15, 0.2) is 16.7 Å². The zero-order valence-corrected chi connectivity index (χ0v) is 12.3. The molecule has 1 saturated carbocycles. The van der Waals surface area contributed by atoms with Crippen LogP contribution >= 0.6 is 0 Å². The normalized spacial score (nSPS) is 15.6. The van der Waals surface area contributed by atoms with E-state index in [1.54, 1.807) is 0 Å². The molecular weight excluding hydrogens is 240 g/mol. The van der Waals surface area contributed by atoms with E-state index in [0.29, 0.717) is 12.6 Å². The van der Waals surface area contributed by atoms with Gasteiger partial charge in [0.2, 0.25) is 0 Å². The highest BCUT2D eigenvalue weighted by Crippen LogP contribution is 2.24. The van der Waals surface area contributed by atoms with E-state index in [1.807, 2.05) is 6.26 Å². The van der Waals surface area contributed by atoms with E-state index < -0.39 is 0 Å². The van der Waals surface area contributed by atoms with E-state index in [4.69, 9.17) is 9.15 Å². The Morgan fingerprint density at radius 3 is 2.95 bits per heavy atom. The minimum atomic E-state index is 0.493. The molecule has 0 saturated heterocycles. The Balaban J connectivity index is 1.60. The van der Waals surface area contributed by atoms with Crippen LogP contribution in [-0.2, 0) is 17.9 Å². The first-order valence-electron chi connectivity index (χ1n) is 7.23. The summed E-state index contributed by atoms with van der Waals surface area (Å²) in [5.41, 5.74) is 1.18. The number of hydrogen-bond acceptors (Lipinski definition) is 4. The Bertz CT molecular complexity index is 372.